The Balaban J connectivity index is 1.44. The van der Waals surface area contributed by atoms with Crippen LogP contribution in [0.4, 0.5) is 0 Å². The third-order valence-corrected chi connectivity index (χ3v) is 6.09. The van der Waals surface area contributed by atoms with Crippen LogP contribution in [0.15, 0.2) is 48.1 Å². The Bertz CT molecular complexity index is 820. The Morgan fingerprint density at radius 1 is 1.23 bits per heavy atom. The normalized spacial score (nSPS) is 16.6. The Hall–Kier alpha value is -2.14. The van der Waals surface area contributed by atoms with Crippen molar-refractivity contribution in [1.82, 2.24) is 14.7 Å². The van der Waals surface area contributed by atoms with E-state index in [9.17, 15) is 4.79 Å². The van der Waals surface area contributed by atoms with Crippen molar-refractivity contribution in [2.45, 2.75) is 51.0 Å². The lowest BCUT2D eigenvalue weighted by atomic mass is 9.83. The highest BCUT2D eigenvalue weighted by Gasteiger charge is 2.22. The molecule has 1 unspecified atom stereocenters. The van der Waals surface area contributed by atoms with E-state index >= 15 is 0 Å². The van der Waals surface area contributed by atoms with Gasteiger partial charge in [-0.2, -0.15) is 0 Å². The van der Waals surface area contributed by atoms with Crippen molar-refractivity contribution in [1.29, 1.82) is 0 Å². The van der Waals surface area contributed by atoms with Gasteiger partial charge in [0.1, 0.15) is 0 Å². The van der Waals surface area contributed by atoms with Gasteiger partial charge < -0.3 is 5.32 Å². The van der Waals surface area contributed by atoms with Crippen LogP contribution < -0.4 is 5.32 Å². The zero-order valence-corrected chi connectivity index (χ0v) is 15.8. The minimum atomic E-state index is 0.0559. The number of aromatic nitrogens is 2. The van der Waals surface area contributed by atoms with E-state index in [4.69, 9.17) is 0 Å². The molecule has 2 heterocycles. The molecular weight excluding hydrogens is 342 g/mol. The fraction of sp³-hybridized carbons (Fsp3) is 0.429. The molecule has 0 saturated heterocycles. The quantitative estimate of drug-likeness (QED) is 0.682. The molecule has 1 atom stereocenters. The molecule has 0 aliphatic heterocycles. The van der Waals surface area contributed by atoms with Crippen LogP contribution in [-0.2, 0) is 11.2 Å². The lowest BCUT2D eigenvalue weighted by molar-refractivity contribution is -0.121. The van der Waals surface area contributed by atoms with Gasteiger partial charge in [0.25, 0.3) is 0 Å². The molecule has 1 aliphatic rings. The van der Waals surface area contributed by atoms with Gasteiger partial charge in [0, 0.05) is 17.8 Å². The van der Waals surface area contributed by atoms with Crippen molar-refractivity contribution in [3.8, 4) is 0 Å². The summed E-state index contributed by atoms with van der Waals surface area (Å²) in [6.07, 6.45) is 11.9. The summed E-state index contributed by atoms with van der Waals surface area (Å²) in [6.45, 7) is 0. The monoisotopic (exact) mass is 367 g/mol. The second-order valence-electron chi connectivity index (χ2n) is 7.27. The number of fused-ring (bicyclic) bond motifs is 1. The van der Waals surface area contributed by atoms with Crippen molar-refractivity contribution in [2.24, 2.45) is 5.92 Å². The van der Waals surface area contributed by atoms with Crippen LogP contribution in [-0.4, -0.2) is 15.3 Å². The number of hydrogen-bond donors (Lipinski definition) is 1. The summed E-state index contributed by atoms with van der Waals surface area (Å²) in [4.78, 5) is 18.1. The zero-order chi connectivity index (χ0) is 17.8. The van der Waals surface area contributed by atoms with E-state index in [2.05, 4.69) is 34.6 Å². The molecule has 3 aromatic rings. The van der Waals surface area contributed by atoms with Crippen molar-refractivity contribution in [3.63, 3.8) is 0 Å². The predicted molar refractivity (Wildman–Crippen MR) is 105 cm³/mol. The van der Waals surface area contributed by atoms with Crippen LogP contribution in [0.5, 0.6) is 0 Å². The van der Waals surface area contributed by atoms with E-state index in [1.54, 1.807) is 11.3 Å². The van der Waals surface area contributed by atoms with Crippen molar-refractivity contribution < 1.29 is 4.79 Å². The number of benzene rings is 1. The minimum absolute atomic E-state index is 0.0559. The zero-order valence-electron chi connectivity index (χ0n) is 14.9. The largest absolute Gasteiger partial charge is 0.349 e. The first-order chi connectivity index (χ1) is 12.8. The molecule has 5 heteroatoms. The Kier molecular flexibility index (Phi) is 5.34. The Morgan fingerprint density at radius 2 is 2.04 bits per heavy atom. The van der Waals surface area contributed by atoms with Crippen LogP contribution in [0.2, 0.25) is 0 Å². The van der Waals surface area contributed by atoms with Crippen molar-refractivity contribution in [2.75, 3.05) is 0 Å². The van der Waals surface area contributed by atoms with Crippen LogP contribution in [0.1, 0.15) is 55.8 Å². The summed E-state index contributed by atoms with van der Waals surface area (Å²) in [5.74, 6) is 0.771. The number of imidazole rings is 1. The summed E-state index contributed by atoms with van der Waals surface area (Å²) < 4.78 is 1.98. The van der Waals surface area contributed by atoms with Gasteiger partial charge in [-0.15, -0.1) is 11.3 Å². The number of nitrogens with zero attached hydrogens (tertiary/aromatic N) is 2. The van der Waals surface area contributed by atoms with Gasteiger partial charge in [0.05, 0.1) is 18.2 Å². The number of thiazole rings is 1. The van der Waals surface area contributed by atoms with Gasteiger partial charge in [-0.1, -0.05) is 62.4 Å². The maximum atomic E-state index is 12.7. The average molecular weight is 368 g/mol. The van der Waals surface area contributed by atoms with Gasteiger partial charge in [0.2, 0.25) is 5.91 Å². The minimum Gasteiger partial charge on any atom is -0.349 e. The summed E-state index contributed by atoms with van der Waals surface area (Å²) in [5, 5.41) is 5.28. The molecule has 136 valence electrons. The van der Waals surface area contributed by atoms with Gasteiger partial charge in [0.15, 0.2) is 4.96 Å². The molecule has 0 bridgehead atoms. The molecule has 0 radical (unpaired) electrons. The maximum absolute atomic E-state index is 12.7. The molecule has 0 spiro atoms. The standard InChI is InChI=1S/C21H25N3OS/c25-20(14-18-15-24-11-12-26-21(24)22-18)23-19(17-9-5-2-6-10-17)13-16-7-3-1-4-8-16/h2,5-6,9-12,15-16,19H,1,3-4,7-8,13-14H2,(H,23,25). The van der Waals surface area contributed by atoms with E-state index in [0.29, 0.717) is 12.3 Å². The van der Waals surface area contributed by atoms with Crippen LogP contribution >= 0.6 is 11.3 Å². The molecule has 1 amide bonds. The first kappa shape index (κ1) is 17.3. The molecule has 1 fully saturated rings. The smallest absolute Gasteiger partial charge is 0.226 e. The second-order valence-corrected chi connectivity index (χ2v) is 8.15. The number of nitrogens with one attached hydrogen (secondary N) is 1. The number of hydrogen-bond acceptors (Lipinski definition) is 3. The second kappa shape index (κ2) is 8.04. The molecule has 4 nitrogen and oxygen atoms in total. The van der Waals surface area contributed by atoms with E-state index in [1.807, 2.05) is 28.2 Å². The molecule has 1 aromatic carbocycles. The fourth-order valence-electron chi connectivity index (χ4n) is 3.99. The van der Waals surface area contributed by atoms with Gasteiger partial charge in [-0.3, -0.25) is 9.20 Å². The first-order valence-electron chi connectivity index (χ1n) is 9.53. The molecule has 1 N–H and O–H groups in total. The van der Waals surface area contributed by atoms with E-state index < -0.39 is 0 Å². The van der Waals surface area contributed by atoms with Gasteiger partial charge >= 0.3 is 0 Å². The van der Waals surface area contributed by atoms with Crippen LogP contribution in [0.25, 0.3) is 4.96 Å². The van der Waals surface area contributed by atoms with Gasteiger partial charge in [-0.25, -0.2) is 4.98 Å². The Morgan fingerprint density at radius 3 is 2.81 bits per heavy atom. The fourth-order valence-corrected chi connectivity index (χ4v) is 4.71. The number of amides is 1. The maximum Gasteiger partial charge on any atom is 0.226 e. The summed E-state index contributed by atoms with van der Waals surface area (Å²) in [6, 6.07) is 10.5. The number of carbonyl (C=O) groups excluding carboxylic acids is 1. The van der Waals surface area contributed by atoms with E-state index in [-0.39, 0.29) is 11.9 Å². The van der Waals surface area contributed by atoms with E-state index in [1.165, 1.54) is 37.7 Å². The van der Waals surface area contributed by atoms with Crippen molar-refractivity contribution >= 4 is 22.2 Å². The van der Waals surface area contributed by atoms with Crippen molar-refractivity contribution in [3.05, 3.63) is 59.4 Å². The topological polar surface area (TPSA) is 46.4 Å². The summed E-state index contributed by atoms with van der Waals surface area (Å²) in [5.41, 5.74) is 2.04. The summed E-state index contributed by atoms with van der Waals surface area (Å²) >= 11 is 1.59. The molecule has 4 rings (SSSR count). The molecule has 26 heavy (non-hydrogen) atoms. The lowest BCUT2D eigenvalue weighted by Crippen LogP contribution is -2.31. The summed E-state index contributed by atoms with van der Waals surface area (Å²) in [7, 11) is 0. The highest BCUT2D eigenvalue weighted by atomic mass is 32.1. The number of carbonyl (C=O) groups is 1. The molecule has 1 saturated carbocycles. The molecular formula is C21H25N3OS. The first-order valence-corrected chi connectivity index (χ1v) is 10.4. The Labute approximate surface area is 158 Å². The lowest BCUT2D eigenvalue weighted by Gasteiger charge is -2.27. The van der Waals surface area contributed by atoms with Crippen LogP contribution in [0, 0.1) is 5.92 Å². The average Bonchev–Trinajstić information content (AvgIpc) is 3.24. The number of rotatable bonds is 6. The molecule has 1 aliphatic carbocycles. The highest BCUT2D eigenvalue weighted by molar-refractivity contribution is 7.15. The SMILES string of the molecule is O=C(Cc1cn2ccsc2n1)NC(CC1CCCCC1)c1ccccc1. The highest BCUT2D eigenvalue weighted by Crippen LogP contribution is 2.32. The van der Waals surface area contributed by atoms with Gasteiger partial charge in [-0.05, 0) is 17.9 Å². The van der Waals surface area contributed by atoms with Crippen LogP contribution in [0.3, 0.4) is 0 Å². The third kappa shape index (κ3) is 4.15. The molecule has 2 aromatic heterocycles. The predicted octanol–water partition coefficient (Wildman–Crippen LogP) is 4.77. The third-order valence-electron chi connectivity index (χ3n) is 5.32. The van der Waals surface area contributed by atoms with E-state index in [0.717, 1.165) is 17.1 Å².